The maximum absolute atomic E-state index is 13.1. The number of ketones is 1. The van der Waals surface area contributed by atoms with Crippen molar-refractivity contribution in [3.63, 3.8) is 0 Å². The van der Waals surface area contributed by atoms with Crippen molar-refractivity contribution in [3.05, 3.63) is 58.7 Å². The van der Waals surface area contributed by atoms with Gasteiger partial charge in [-0.2, -0.15) is 0 Å². The van der Waals surface area contributed by atoms with Crippen LogP contribution in [0.2, 0.25) is 0 Å². The highest BCUT2D eigenvalue weighted by Gasteiger charge is 2.27. The molecule has 0 aliphatic carbocycles. The Hall–Kier alpha value is -3.74. The number of amides is 1. The Morgan fingerprint density at radius 2 is 1.33 bits per heavy atom. The van der Waals surface area contributed by atoms with Gasteiger partial charge in [0.1, 0.15) is 0 Å². The molecule has 1 saturated heterocycles. The number of piperidine rings is 1. The predicted molar refractivity (Wildman–Crippen MR) is 113 cm³/mol. The van der Waals surface area contributed by atoms with Crippen molar-refractivity contribution in [3.8, 4) is 23.0 Å². The Balaban J connectivity index is 2.01. The maximum atomic E-state index is 13.1. The topological polar surface area (TPSA) is 96.3 Å². The highest BCUT2D eigenvalue weighted by molar-refractivity contribution is 6.15. The summed E-state index contributed by atoms with van der Waals surface area (Å²) in [5.41, 5.74) is 2.23. The molecule has 0 bridgehead atoms. The van der Waals surface area contributed by atoms with Crippen LogP contribution in [-0.2, 0) is 9.59 Å². The molecule has 156 valence electrons. The summed E-state index contributed by atoms with van der Waals surface area (Å²) in [5.74, 6) is 0.270. The molecular formula is C23H23NO6. The molecule has 2 aromatic rings. The number of benzene rings is 2. The Kier molecular flexibility index (Phi) is 6.11. The lowest BCUT2D eigenvalue weighted by Crippen LogP contribution is -2.40. The molecular weight excluding hydrogens is 386 g/mol. The summed E-state index contributed by atoms with van der Waals surface area (Å²) in [7, 11) is 2.89. The largest absolute Gasteiger partial charge is 0.504 e. The number of ether oxygens (including phenoxy) is 2. The maximum Gasteiger partial charge on any atom is 0.220 e. The van der Waals surface area contributed by atoms with Crippen LogP contribution in [0.4, 0.5) is 0 Å². The van der Waals surface area contributed by atoms with E-state index in [2.05, 4.69) is 0 Å². The van der Waals surface area contributed by atoms with E-state index in [-0.39, 0.29) is 36.3 Å². The van der Waals surface area contributed by atoms with Gasteiger partial charge in [0, 0.05) is 31.2 Å². The van der Waals surface area contributed by atoms with Gasteiger partial charge in [-0.1, -0.05) is 12.1 Å². The van der Waals surface area contributed by atoms with Crippen LogP contribution < -0.4 is 9.47 Å². The number of methoxy groups -OCH3 is 2. The Morgan fingerprint density at radius 1 is 0.900 bits per heavy atom. The van der Waals surface area contributed by atoms with Crippen molar-refractivity contribution in [1.82, 2.24) is 4.90 Å². The summed E-state index contributed by atoms with van der Waals surface area (Å²) < 4.78 is 10.2. The van der Waals surface area contributed by atoms with Crippen LogP contribution in [0.3, 0.4) is 0 Å². The number of Topliss-reactive ketones (excluding diaryl/α,β-unsaturated/α-hetero) is 1. The van der Waals surface area contributed by atoms with Crippen LogP contribution in [0.15, 0.2) is 47.5 Å². The molecule has 1 fully saturated rings. The number of hydrogen-bond donors (Lipinski definition) is 2. The van der Waals surface area contributed by atoms with Gasteiger partial charge in [0.2, 0.25) is 5.91 Å². The van der Waals surface area contributed by atoms with Gasteiger partial charge in [-0.15, -0.1) is 0 Å². The van der Waals surface area contributed by atoms with Gasteiger partial charge in [0.25, 0.3) is 0 Å². The molecule has 0 unspecified atom stereocenters. The second-order valence-corrected chi connectivity index (χ2v) is 6.91. The molecule has 1 heterocycles. The Bertz CT molecular complexity index is 978. The van der Waals surface area contributed by atoms with Gasteiger partial charge in [0.15, 0.2) is 28.8 Å². The molecule has 0 aromatic heterocycles. The number of hydrogen-bond acceptors (Lipinski definition) is 6. The van der Waals surface area contributed by atoms with Crippen molar-refractivity contribution < 1.29 is 29.3 Å². The van der Waals surface area contributed by atoms with Crippen molar-refractivity contribution >= 4 is 23.8 Å². The number of aromatic hydroxyl groups is 2. The summed E-state index contributed by atoms with van der Waals surface area (Å²) in [6.45, 7) is 1.83. The fraction of sp³-hybridized carbons (Fsp3) is 0.217. The third kappa shape index (κ3) is 4.46. The van der Waals surface area contributed by atoms with Crippen LogP contribution in [0.5, 0.6) is 23.0 Å². The lowest BCUT2D eigenvalue weighted by molar-refractivity contribution is -0.129. The quantitative estimate of drug-likeness (QED) is 0.754. The number of nitrogens with zero attached hydrogens (tertiary/aromatic N) is 1. The molecule has 0 radical (unpaired) electrons. The van der Waals surface area contributed by atoms with Gasteiger partial charge in [0.05, 0.1) is 14.2 Å². The molecule has 0 saturated carbocycles. The van der Waals surface area contributed by atoms with Gasteiger partial charge in [-0.05, 0) is 47.5 Å². The minimum Gasteiger partial charge on any atom is -0.504 e. The number of carbonyl (C=O) groups excluding carboxylic acids is 2. The first kappa shape index (κ1) is 21.0. The second-order valence-electron chi connectivity index (χ2n) is 6.91. The highest BCUT2D eigenvalue weighted by atomic mass is 16.5. The summed E-state index contributed by atoms with van der Waals surface area (Å²) in [6, 6.07) is 9.55. The van der Waals surface area contributed by atoms with E-state index in [0.717, 1.165) is 0 Å². The first-order valence-electron chi connectivity index (χ1n) is 9.27. The second kappa shape index (κ2) is 8.73. The van der Waals surface area contributed by atoms with E-state index in [1.165, 1.54) is 33.3 Å². The number of likely N-dealkylation sites (tertiary alicyclic amines) is 1. The van der Waals surface area contributed by atoms with Crippen molar-refractivity contribution in [2.75, 3.05) is 27.3 Å². The fourth-order valence-corrected chi connectivity index (χ4v) is 3.23. The molecule has 3 rings (SSSR count). The standard InChI is InChI=1S/C23H23NO6/c1-14(25)24-12-17(8-15-4-6-19(26)21(10-15)29-2)23(28)18(13-24)9-16-5-7-20(27)22(11-16)30-3/h4-11,26-27H,12-13H2,1-3H3. The van der Waals surface area contributed by atoms with Crippen LogP contribution in [0.25, 0.3) is 12.2 Å². The molecule has 1 aliphatic rings. The lowest BCUT2D eigenvalue weighted by atomic mass is 9.94. The molecule has 7 nitrogen and oxygen atoms in total. The van der Waals surface area contributed by atoms with E-state index in [9.17, 15) is 19.8 Å². The van der Waals surface area contributed by atoms with E-state index in [1.807, 2.05) is 0 Å². The average Bonchev–Trinajstić information content (AvgIpc) is 2.73. The molecule has 0 atom stereocenters. The third-order valence-electron chi connectivity index (χ3n) is 4.84. The number of phenols is 2. The summed E-state index contributed by atoms with van der Waals surface area (Å²) in [6.07, 6.45) is 3.37. The van der Waals surface area contributed by atoms with E-state index < -0.39 is 0 Å². The van der Waals surface area contributed by atoms with Gasteiger partial charge >= 0.3 is 0 Å². The van der Waals surface area contributed by atoms with Gasteiger partial charge < -0.3 is 24.6 Å². The summed E-state index contributed by atoms with van der Waals surface area (Å²) >= 11 is 0. The number of phenolic OH excluding ortho intramolecular Hbond substituents is 2. The Labute approximate surface area is 174 Å². The predicted octanol–water partition coefficient (Wildman–Crippen LogP) is 3.01. The van der Waals surface area contributed by atoms with Crippen molar-refractivity contribution in [1.29, 1.82) is 0 Å². The van der Waals surface area contributed by atoms with Crippen LogP contribution in [0.1, 0.15) is 18.1 Å². The number of carbonyl (C=O) groups is 2. The third-order valence-corrected chi connectivity index (χ3v) is 4.84. The monoisotopic (exact) mass is 409 g/mol. The molecule has 1 amide bonds. The minimum atomic E-state index is -0.174. The zero-order chi connectivity index (χ0) is 21.8. The number of rotatable bonds is 4. The van der Waals surface area contributed by atoms with E-state index >= 15 is 0 Å². The fourth-order valence-electron chi connectivity index (χ4n) is 3.23. The normalized spacial score (nSPS) is 16.8. The summed E-state index contributed by atoms with van der Waals surface area (Å²) in [4.78, 5) is 26.7. The van der Waals surface area contributed by atoms with Crippen LogP contribution in [0, 0.1) is 0 Å². The van der Waals surface area contributed by atoms with Crippen molar-refractivity contribution in [2.24, 2.45) is 0 Å². The van der Waals surface area contributed by atoms with Crippen LogP contribution in [-0.4, -0.2) is 54.1 Å². The van der Waals surface area contributed by atoms with Crippen LogP contribution >= 0.6 is 0 Å². The molecule has 7 heteroatoms. The highest BCUT2D eigenvalue weighted by Crippen LogP contribution is 2.30. The molecule has 2 N–H and O–H groups in total. The zero-order valence-electron chi connectivity index (χ0n) is 17.0. The Morgan fingerprint density at radius 3 is 1.70 bits per heavy atom. The average molecular weight is 409 g/mol. The smallest absolute Gasteiger partial charge is 0.220 e. The lowest BCUT2D eigenvalue weighted by Gasteiger charge is -2.29. The first-order valence-corrected chi connectivity index (χ1v) is 9.27. The van der Waals surface area contributed by atoms with E-state index in [0.29, 0.717) is 33.8 Å². The first-order chi connectivity index (χ1) is 14.3. The minimum absolute atomic E-state index is 0.00171. The molecule has 30 heavy (non-hydrogen) atoms. The van der Waals surface area contributed by atoms with Gasteiger partial charge in [-0.3, -0.25) is 9.59 Å². The zero-order valence-corrected chi connectivity index (χ0v) is 17.0. The van der Waals surface area contributed by atoms with Gasteiger partial charge in [-0.25, -0.2) is 0 Å². The molecule has 0 spiro atoms. The molecule has 1 aliphatic heterocycles. The SMILES string of the molecule is COc1cc(C=C2CN(C(C)=O)CC(=Cc3ccc(O)c(OC)c3)C2=O)ccc1O. The van der Waals surface area contributed by atoms with E-state index in [1.54, 1.807) is 41.3 Å². The van der Waals surface area contributed by atoms with Crippen molar-refractivity contribution in [2.45, 2.75) is 6.92 Å². The molecule has 2 aromatic carbocycles. The summed E-state index contributed by atoms with van der Waals surface area (Å²) in [5, 5.41) is 19.5. The van der Waals surface area contributed by atoms with E-state index in [4.69, 9.17) is 9.47 Å².